The van der Waals surface area contributed by atoms with Crippen molar-refractivity contribution in [3.8, 4) is 0 Å². The van der Waals surface area contributed by atoms with Gasteiger partial charge >= 0.3 is 0 Å². The Morgan fingerprint density at radius 1 is 1.23 bits per heavy atom. The Labute approximate surface area is 180 Å². The summed E-state index contributed by atoms with van der Waals surface area (Å²) in [5.74, 6) is 1.34. The summed E-state index contributed by atoms with van der Waals surface area (Å²) in [6.07, 6.45) is 0. The number of anilines is 1. The maximum atomic E-state index is 13.3. The van der Waals surface area contributed by atoms with Gasteiger partial charge in [0.1, 0.15) is 11.2 Å². The Bertz CT molecular complexity index is 840. The number of aromatic nitrogens is 1. The van der Waals surface area contributed by atoms with Gasteiger partial charge in [-0.2, -0.15) is 0 Å². The van der Waals surface area contributed by atoms with Crippen LogP contribution in [0.4, 0.5) is 5.82 Å². The van der Waals surface area contributed by atoms with Crippen LogP contribution in [-0.4, -0.2) is 49.1 Å². The summed E-state index contributed by atoms with van der Waals surface area (Å²) >= 11 is 0. The van der Waals surface area contributed by atoms with Crippen molar-refractivity contribution in [2.75, 3.05) is 38.7 Å². The molecule has 3 rings (SSSR count). The van der Waals surface area contributed by atoms with E-state index < -0.39 is 5.41 Å². The Morgan fingerprint density at radius 2 is 2.00 bits per heavy atom. The molecule has 1 unspecified atom stereocenters. The molecule has 0 aliphatic carbocycles. The second-order valence-electron chi connectivity index (χ2n) is 8.69. The Morgan fingerprint density at radius 3 is 2.70 bits per heavy atom. The minimum Gasteiger partial charge on any atom is -0.383 e. The lowest BCUT2D eigenvalue weighted by molar-refractivity contribution is -0.128. The third kappa shape index (κ3) is 5.37. The Balaban J connectivity index is 1.88. The number of hydrogen-bond acceptors (Lipinski definition) is 5. The van der Waals surface area contributed by atoms with Crippen molar-refractivity contribution in [1.29, 1.82) is 0 Å². The predicted molar refractivity (Wildman–Crippen MR) is 120 cm³/mol. The lowest BCUT2D eigenvalue weighted by Gasteiger charge is -2.40. The van der Waals surface area contributed by atoms with Gasteiger partial charge in [-0.1, -0.05) is 50.2 Å². The summed E-state index contributed by atoms with van der Waals surface area (Å²) in [6, 6.07) is 14.5. The maximum absolute atomic E-state index is 13.3. The third-order valence-corrected chi connectivity index (χ3v) is 5.47. The standard InChI is InChI=1S/C24H34N4O2/c1-18(2)14-26-21-11-10-20-16-28(15-19-8-6-5-7-9-19)17-24(3,22(20)27-21)23(29)25-12-13-30-4/h5-11,18H,12-17H2,1-4H3,(H,25,29)(H,26,27). The minimum atomic E-state index is -0.731. The number of amides is 1. The average Bonchev–Trinajstić information content (AvgIpc) is 2.73. The number of methoxy groups -OCH3 is 1. The molecule has 162 valence electrons. The molecule has 1 aromatic heterocycles. The zero-order valence-corrected chi connectivity index (χ0v) is 18.6. The van der Waals surface area contributed by atoms with E-state index in [0.29, 0.717) is 25.6 Å². The van der Waals surface area contributed by atoms with Crippen LogP contribution in [0.15, 0.2) is 42.5 Å². The van der Waals surface area contributed by atoms with Gasteiger partial charge in [-0.3, -0.25) is 9.69 Å². The summed E-state index contributed by atoms with van der Waals surface area (Å²) in [7, 11) is 1.64. The van der Waals surface area contributed by atoms with Crippen molar-refractivity contribution in [3.63, 3.8) is 0 Å². The second kappa shape index (κ2) is 10.0. The van der Waals surface area contributed by atoms with Gasteiger partial charge in [-0.05, 0) is 30.0 Å². The van der Waals surface area contributed by atoms with Crippen LogP contribution in [0.5, 0.6) is 0 Å². The van der Waals surface area contributed by atoms with Crippen molar-refractivity contribution < 1.29 is 9.53 Å². The van der Waals surface area contributed by atoms with Crippen LogP contribution in [0, 0.1) is 5.92 Å². The second-order valence-corrected chi connectivity index (χ2v) is 8.69. The summed E-state index contributed by atoms with van der Waals surface area (Å²) < 4.78 is 5.10. The molecule has 1 amide bonds. The van der Waals surface area contributed by atoms with E-state index in [1.54, 1.807) is 7.11 Å². The fourth-order valence-electron chi connectivity index (χ4n) is 3.91. The molecular formula is C24H34N4O2. The minimum absolute atomic E-state index is 0.00734. The van der Waals surface area contributed by atoms with Crippen molar-refractivity contribution >= 4 is 11.7 Å². The smallest absolute Gasteiger partial charge is 0.233 e. The number of carbonyl (C=O) groups excluding carboxylic acids is 1. The highest BCUT2D eigenvalue weighted by atomic mass is 16.5. The fourth-order valence-corrected chi connectivity index (χ4v) is 3.91. The van der Waals surface area contributed by atoms with Gasteiger partial charge in [0.2, 0.25) is 5.91 Å². The molecule has 2 heterocycles. The van der Waals surface area contributed by atoms with E-state index in [9.17, 15) is 4.79 Å². The number of hydrogen-bond donors (Lipinski definition) is 2. The molecule has 0 bridgehead atoms. The van der Waals surface area contributed by atoms with Gasteiger partial charge in [0.25, 0.3) is 0 Å². The van der Waals surface area contributed by atoms with Crippen LogP contribution >= 0.6 is 0 Å². The van der Waals surface area contributed by atoms with Crippen molar-refractivity contribution in [2.45, 2.75) is 39.3 Å². The maximum Gasteiger partial charge on any atom is 0.233 e. The summed E-state index contributed by atoms with van der Waals surface area (Å²) in [5, 5.41) is 6.44. The SMILES string of the molecule is COCCNC(=O)C1(C)CN(Cc2ccccc2)Cc2ccc(NCC(C)C)nc21. The van der Waals surface area contributed by atoms with Gasteiger partial charge in [0.15, 0.2) is 0 Å². The molecule has 1 aliphatic rings. The number of ether oxygens (including phenoxy) is 1. The van der Waals surface area contributed by atoms with Gasteiger partial charge in [0.05, 0.1) is 12.3 Å². The molecule has 0 spiro atoms. The molecule has 2 aromatic rings. The van der Waals surface area contributed by atoms with Crippen LogP contribution in [0.3, 0.4) is 0 Å². The van der Waals surface area contributed by atoms with Gasteiger partial charge < -0.3 is 15.4 Å². The molecule has 0 fully saturated rings. The van der Waals surface area contributed by atoms with Crippen LogP contribution in [-0.2, 0) is 28.0 Å². The predicted octanol–water partition coefficient (Wildman–Crippen LogP) is 3.19. The van der Waals surface area contributed by atoms with Gasteiger partial charge in [-0.25, -0.2) is 4.98 Å². The molecule has 6 heteroatoms. The molecule has 1 atom stereocenters. The summed E-state index contributed by atoms with van der Waals surface area (Å²) in [4.78, 5) is 20.5. The highest BCUT2D eigenvalue weighted by molar-refractivity contribution is 5.88. The van der Waals surface area contributed by atoms with E-state index in [4.69, 9.17) is 9.72 Å². The molecule has 0 saturated carbocycles. The highest BCUT2D eigenvalue weighted by Crippen LogP contribution is 2.34. The monoisotopic (exact) mass is 410 g/mol. The quantitative estimate of drug-likeness (QED) is 0.622. The largest absolute Gasteiger partial charge is 0.383 e. The number of carbonyl (C=O) groups is 1. The molecule has 0 radical (unpaired) electrons. The van der Waals surface area contributed by atoms with Crippen LogP contribution < -0.4 is 10.6 Å². The number of fused-ring (bicyclic) bond motifs is 1. The van der Waals surface area contributed by atoms with Crippen LogP contribution in [0.25, 0.3) is 0 Å². The Kier molecular flexibility index (Phi) is 7.45. The van der Waals surface area contributed by atoms with Crippen LogP contribution in [0.1, 0.15) is 37.6 Å². The summed E-state index contributed by atoms with van der Waals surface area (Å²) in [6.45, 7) is 10.4. The topological polar surface area (TPSA) is 66.5 Å². The lowest BCUT2D eigenvalue weighted by Crippen LogP contribution is -2.53. The van der Waals surface area contributed by atoms with Crippen molar-refractivity contribution in [3.05, 3.63) is 59.3 Å². The van der Waals surface area contributed by atoms with E-state index >= 15 is 0 Å². The van der Waals surface area contributed by atoms with Gasteiger partial charge in [0, 0.05) is 39.8 Å². The molecule has 2 N–H and O–H groups in total. The Hall–Kier alpha value is -2.44. The van der Waals surface area contributed by atoms with Crippen molar-refractivity contribution in [1.82, 2.24) is 15.2 Å². The fraction of sp³-hybridized carbons (Fsp3) is 0.500. The molecule has 0 saturated heterocycles. The van der Waals surface area contributed by atoms with Crippen molar-refractivity contribution in [2.24, 2.45) is 5.92 Å². The normalized spacial score (nSPS) is 18.8. The highest BCUT2D eigenvalue weighted by Gasteiger charge is 2.43. The number of rotatable bonds is 9. The van der Waals surface area contributed by atoms with E-state index in [-0.39, 0.29) is 5.91 Å². The average molecular weight is 411 g/mol. The molecule has 30 heavy (non-hydrogen) atoms. The van der Waals surface area contributed by atoms with Gasteiger partial charge in [-0.15, -0.1) is 0 Å². The van der Waals surface area contributed by atoms with E-state index in [2.05, 4.69) is 59.7 Å². The number of pyridine rings is 1. The zero-order chi connectivity index (χ0) is 21.6. The lowest BCUT2D eigenvalue weighted by atomic mass is 9.79. The molecular weight excluding hydrogens is 376 g/mol. The van der Waals surface area contributed by atoms with Crippen LogP contribution in [0.2, 0.25) is 0 Å². The van der Waals surface area contributed by atoms with E-state index in [0.717, 1.165) is 36.7 Å². The zero-order valence-electron chi connectivity index (χ0n) is 18.6. The molecule has 1 aliphatic heterocycles. The first kappa shape index (κ1) is 22.2. The molecule has 1 aromatic carbocycles. The first-order valence-corrected chi connectivity index (χ1v) is 10.7. The molecule has 6 nitrogen and oxygen atoms in total. The summed E-state index contributed by atoms with van der Waals surface area (Å²) in [5.41, 5.74) is 2.49. The van der Waals surface area contributed by atoms with E-state index in [1.165, 1.54) is 5.56 Å². The number of nitrogens with one attached hydrogen (secondary N) is 2. The number of nitrogens with zero attached hydrogens (tertiary/aromatic N) is 2. The number of benzene rings is 1. The third-order valence-electron chi connectivity index (χ3n) is 5.47. The van der Waals surface area contributed by atoms with E-state index in [1.807, 2.05) is 19.1 Å². The first-order chi connectivity index (χ1) is 14.4. The first-order valence-electron chi connectivity index (χ1n) is 10.7.